The second-order valence-corrected chi connectivity index (χ2v) is 6.31. The predicted octanol–water partition coefficient (Wildman–Crippen LogP) is 1.61. The summed E-state index contributed by atoms with van der Waals surface area (Å²) >= 11 is 0. The molecule has 1 aliphatic heterocycles. The van der Waals surface area contributed by atoms with Crippen LogP contribution in [0.4, 0.5) is 0 Å². The number of amides is 1. The Kier molecular flexibility index (Phi) is 5.45. The number of carbonyl (C=O) groups excluding carboxylic acids is 1. The van der Waals surface area contributed by atoms with Crippen molar-refractivity contribution >= 4 is 5.91 Å². The lowest BCUT2D eigenvalue weighted by Gasteiger charge is -2.36. The van der Waals surface area contributed by atoms with Crippen LogP contribution in [0, 0.1) is 0 Å². The molecule has 1 aromatic heterocycles. The highest BCUT2D eigenvalue weighted by Crippen LogP contribution is 2.21. The van der Waals surface area contributed by atoms with E-state index < -0.39 is 0 Å². The fourth-order valence-corrected chi connectivity index (χ4v) is 3.02. The van der Waals surface area contributed by atoms with E-state index in [0.29, 0.717) is 31.1 Å². The minimum absolute atomic E-state index is 0.0638. The molecule has 0 bridgehead atoms. The Bertz CT molecular complexity index is 705. The van der Waals surface area contributed by atoms with Crippen LogP contribution in [0.15, 0.2) is 28.8 Å². The van der Waals surface area contributed by atoms with Gasteiger partial charge in [0, 0.05) is 44.7 Å². The van der Waals surface area contributed by atoms with Gasteiger partial charge in [-0.15, -0.1) is 0 Å². The Balaban J connectivity index is 1.58. The molecule has 7 nitrogen and oxygen atoms in total. The number of nitrogens with two attached hydrogens (primary N) is 1. The number of nitrogens with zero attached hydrogens (tertiary/aromatic N) is 4. The second-order valence-electron chi connectivity index (χ2n) is 6.31. The van der Waals surface area contributed by atoms with Gasteiger partial charge in [-0.3, -0.25) is 9.69 Å². The predicted molar refractivity (Wildman–Crippen MR) is 93.9 cm³/mol. The maximum Gasteiger partial charge on any atom is 0.253 e. The maximum atomic E-state index is 12.6. The van der Waals surface area contributed by atoms with Crippen LogP contribution in [-0.2, 0) is 13.0 Å². The highest BCUT2D eigenvalue weighted by atomic mass is 16.5. The molecule has 134 valence electrons. The first kappa shape index (κ1) is 17.6. The molecule has 1 fully saturated rings. The molecule has 3 rings (SSSR count). The number of hydrogen-bond donors (Lipinski definition) is 1. The standard InChI is InChI=1S/C18H25N5O2/c1-3-16-20-17(25-21-16)13(2)22-8-10-23(11-9-22)18(24)15-6-4-14(12-19)5-7-15/h4-7,13H,3,8-12,19H2,1-2H3. The molecule has 1 saturated heterocycles. The summed E-state index contributed by atoms with van der Waals surface area (Å²) in [5.41, 5.74) is 7.34. The number of rotatable bonds is 5. The van der Waals surface area contributed by atoms with E-state index in [1.807, 2.05) is 36.1 Å². The van der Waals surface area contributed by atoms with Crippen LogP contribution < -0.4 is 5.73 Å². The van der Waals surface area contributed by atoms with Crippen molar-refractivity contribution in [2.24, 2.45) is 5.73 Å². The SMILES string of the molecule is CCc1noc(C(C)N2CCN(C(=O)c3ccc(CN)cc3)CC2)n1. The van der Waals surface area contributed by atoms with E-state index in [0.717, 1.165) is 30.9 Å². The van der Waals surface area contributed by atoms with Gasteiger partial charge in [0.05, 0.1) is 6.04 Å². The molecule has 1 atom stereocenters. The van der Waals surface area contributed by atoms with Crippen LogP contribution in [0.1, 0.15) is 47.5 Å². The van der Waals surface area contributed by atoms with Gasteiger partial charge in [0.25, 0.3) is 5.91 Å². The molecule has 7 heteroatoms. The van der Waals surface area contributed by atoms with E-state index in [1.54, 1.807) is 0 Å². The topological polar surface area (TPSA) is 88.5 Å². The highest BCUT2D eigenvalue weighted by molar-refractivity contribution is 5.94. The zero-order chi connectivity index (χ0) is 17.8. The van der Waals surface area contributed by atoms with Gasteiger partial charge >= 0.3 is 0 Å². The van der Waals surface area contributed by atoms with Crippen molar-refractivity contribution in [3.05, 3.63) is 47.1 Å². The van der Waals surface area contributed by atoms with Crippen molar-refractivity contribution in [2.45, 2.75) is 32.9 Å². The monoisotopic (exact) mass is 343 g/mol. The van der Waals surface area contributed by atoms with Gasteiger partial charge in [0.1, 0.15) is 0 Å². The molecule has 1 unspecified atom stereocenters. The minimum Gasteiger partial charge on any atom is -0.338 e. The molecule has 0 saturated carbocycles. The van der Waals surface area contributed by atoms with E-state index >= 15 is 0 Å². The Labute approximate surface area is 147 Å². The van der Waals surface area contributed by atoms with Crippen molar-refractivity contribution in [1.82, 2.24) is 19.9 Å². The first-order valence-corrected chi connectivity index (χ1v) is 8.77. The summed E-state index contributed by atoms with van der Waals surface area (Å²) in [4.78, 5) is 21.2. The van der Waals surface area contributed by atoms with Crippen LogP contribution >= 0.6 is 0 Å². The summed E-state index contributed by atoms with van der Waals surface area (Å²) in [6.45, 7) is 7.52. The van der Waals surface area contributed by atoms with Gasteiger partial charge < -0.3 is 15.2 Å². The maximum absolute atomic E-state index is 12.6. The van der Waals surface area contributed by atoms with Crippen LogP contribution in [0.5, 0.6) is 0 Å². The van der Waals surface area contributed by atoms with Crippen LogP contribution in [0.2, 0.25) is 0 Å². The Morgan fingerprint density at radius 1 is 1.24 bits per heavy atom. The molecule has 1 amide bonds. The average molecular weight is 343 g/mol. The van der Waals surface area contributed by atoms with Crippen molar-refractivity contribution in [1.29, 1.82) is 0 Å². The van der Waals surface area contributed by atoms with Crippen molar-refractivity contribution in [2.75, 3.05) is 26.2 Å². The molecule has 2 heterocycles. The molecule has 25 heavy (non-hydrogen) atoms. The molecule has 2 N–H and O–H groups in total. The molecular weight excluding hydrogens is 318 g/mol. The summed E-state index contributed by atoms with van der Waals surface area (Å²) in [5.74, 6) is 1.45. The molecule has 0 aliphatic carbocycles. The fraction of sp³-hybridized carbons (Fsp3) is 0.500. The summed E-state index contributed by atoms with van der Waals surface area (Å²) < 4.78 is 5.34. The van der Waals surface area contributed by atoms with Gasteiger partial charge in [-0.25, -0.2) is 0 Å². The van der Waals surface area contributed by atoms with Gasteiger partial charge in [-0.1, -0.05) is 24.2 Å². The fourth-order valence-electron chi connectivity index (χ4n) is 3.02. The van der Waals surface area contributed by atoms with Crippen LogP contribution in [-0.4, -0.2) is 52.0 Å². The molecular formula is C18H25N5O2. The normalized spacial score (nSPS) is 16.8. The number of carbonyl (C=O) groups is 1. The number of aromatic nitrogens is 2. The second kappa shape index (κ2) is 7.76. The van der Waals surface area contributed by atoms with Crippen LogP contribution in [0.3, 0.4) is 0 Å². The van der Waals surface area contributed by atoms with Crippen molar-refractivity contribution in [3.63, 3.8) is 0 Å². The number of hydrogen-bond acceptors (Lipinski definition) is 6. The smallest absolute Gasteiger partial charge is 0.253 e. The number of benzene rings is 1. The third-order valence-electron chi connectivity index (χ3n) is 4.74. The molecule has 0 radical (unpaired) electrons. The van der Waals surface area contributed by atoms with Crippen molar-refractivity contribution < 1.29 is 9.32 Å². The first-order valence-electron chi connectivity index (χ1n) is 8.77. The van der Waals surface area contributed by atoms with E-state index in [1.165, 1.54) is 0 Å². The van der Waals surface area contributed by atoms with Crippen LogP contribution in [0.25, 0.3) is 0 Å². The van der Waals surface area contributed by atoms with Gasteiger partial charge in [-0.2, -0.15) is 4.98 Å². The van der Waals surface area contributed by atoms with E-state index in [4.69, 9.17) is 10.3 Å². The zero-order valence-corrected chi connectivity index (χ0v) is 14.8. The van der Waals surface area contributed by atoms with Gasteiger partial charge in [0.2, 0.25) is 5.89 Å². The Morgan fingerprint density at radius 2 is 1.92 bits per heavy atom. The third kappa shape index (κ3) is 3.88. The molecule has 1 aliphatic rings. The van der Waals surface area contributed by atoms with Crippen molar-refractivity contribution in [3.8, 4) is 0 Å². The lowest BCUT2D eigenvalue weighted by molar-refractivity contribution is 0.0551. The van der Waals surface area contributed by atoms with E-state index in [2.05, 4.69) is 22.0 Å². The Hall–Kier alpha value is -2.25. The van der Waals surface area contributed by atoms with E-state index in [-0.39, 0.29) is 11.9 Å². The molecule has 2 aromatic rings. The molecule has 0 spiro atoms. The average Bonchev–Trinajstić information content (AvgIpc) is 3.16. The third-order valence-corrected chi connectivity index (χ3v) is 4.74. The number of aryl methyl sites for hydroxylation is 1. The zero-order valence-electron chi connectivity index (χ0n) is 14.8. The van der Waals surface area contributed by atoms with Gasteiger partial charge in [0.15, 0.2) is 5.82 Å². The molecule has 1 aromatic carbocycles. The van der Waals surface area contributed by atoms with E-state index in [9.17, 15) is 4.79 Å². The Morgan fingerprint density at radius 3 is 2.48 bits per heavy atom. The minimum atomic E-state index is 0.0638. The summed E-state index contributed by atoms with van der Waals surface area (Å²) in [5, 5.41) is 3.96. The lowest BCUT2D eigenvalue weighted by atomic mass is 10.1. The van der Waals surface area contributed by atoms with Gasteiger partial charge in [-0.05, 0) is 24.6 Å². The highest BCUT2D eigenvalue weighted by Gasteiger charge is 2.27. The lowest BCUT2D eigenvalue weighted by Crippen LogP contribution is -2.49. The number of piperazine rings is 1. The summed E-state index contributed by atoms with van der Waals surface area (Å²) in [6.07, 6.45) is 0.765. The largest absolute Gasteiger partial charge is 0.338 e. The summed E-state index contributed by atoms with van der Waals surface area (Å²) in [6, 6.07) is 7.58. The quantitative estimate of drug-likeness (QED) is 0.887. The first-order chi connectivity index (χ1) is 12.1. The summed E-state index contributed by atoms with van der Waals surface area (Å²) in [7, 11) is 0.